The van der Waals surface area contributed by atoms with Gasteiger partial charge in [-0.2, -0.15) is 0 Å². The molecular formula is C14H27N3O2. The molecule has 1 rings (SSSR count). The second-order valence-electron chi connectivity index (χ2n) is 5.77. The molecule has 5 nitrogen and oxygen atoms in total. The van der Waals surface area contributed by atoms with Crippen LogP contribution in [0.1, 0.15) is 27.7 Å². The predicted octanol–water partition coefficient (Wildman–Crippen LogP) is 0.559. The van der Waals surface area contributed by atoms with Crippen LogP contribution in [0.4, 0.5) is 0 Å². The Morgan fingerprint density at radius 2 is 1.58 bits per heavy atom. The molecule has 1 aliphatic heterocycles. The van der Waals surface area contributed by atoms with Crippen LogP contribution in [0.25, 0.3) is 0 Å². The van der Waals surface area contributed by atoms with Crippen LogP contribution in [0, 0.1) is 11.8 Å². The molecule has 0 aromatic heterocycles. The summed E-state index contributed by atoms with van der Waals surface area (Å²) in [6, 6.07) is 0. The summed E-state index contributed by atoms with van der Waals surface area (Å²) in [6.45, 7) is 12.6. The van der Waals surface area contributed by atoms with Gasteiger partial charge in [-0.3, -0.25) is 14.5 Å². The van der Waals surface area contributed by atoms with E-state index >= 15 is 0 Å². The molecule has 1 aliphatic rings. The van der Waals surface area contributed by atoms with Crippen LogP contribution in [-0.2, 0) is 9.59 Å². The highest BCUT2D eigenvalue weighted by atomic mass is 16.2. The number of rotatable bonds is 5. The fourth-order valence-electron chi connectivity index (χ4n) is 2.10. The maximum absolute atomic E-state index is 11.8. The number of piperazine rings is 1. The molecule has 19 heavy (non-hydrogen) atoms. The molecule has 0 aromatic carbocycles. The highest BCUT2D eigenvalue weighted by molar-refractivity contribution is 5.78. The normalized spacial score (nSPS) is 17.1. The minimum absolute atomic E-state index is 0.0421. The first kappa shape index (κ1) is 16.0. The molecular weight excluding hydrogens is 242 g/mol. The Labute approximate surface area is 116 Å². The quantitative estimate of drug-likeness (QED) is 0.793. The lowest BCUT2D eigenvalue weighted by Crippen LogP contribution is -2.51. The molecule has 2 amide bonds. The summed E-state index contributed by atoms with van der Waals surface area (Å²) in [7, 11) is 0. The van der Waals surface area contributed by atoms with Gasteiger partial charge in [0.2, 0.25) is 11.8 Å². The van der Waals surface area contributed by atoms with Crippen molar-refractivity contribution in [1.29, 1.82) is 0 Å². The van der Waals surface area contributed by atoms with Gasteiger partial charge in [-0.15, -0.1) is 0 Å². The van der Waals surface area contributed by atoms with Crippen LogP contribution in [-0.4, -0.2) is 60.9 Å². The maximum atomic E-state index is 11.8. The number of carbonyl (C=O) groups is 2. The monoisotopic (exact) mass is 269 g/mol. The molecule has 1 fully saturated rings. The molecule has 0 aromatic rings. The Hall–Kier alpha value is -1.10. The smallest absolute Gasteiger partial charge is 0.225 e. The van der Waals surface area contributed by atoms with Gasteiger partial charge in [-0.05, 0) is 0 Å². The van der Waals surface area contributed by atoms with Crippen LogP contribution in [0.15, 0.2) is 0 Å². The number of hydrogen-bond acceptors (Lipinski definition) is 3. The van der Waals surface area contributed by atoms with Crippen molar-refractivity contribution in [2.75, 3.05) is 39.3 Å². The fraction of sp³-hybridized carbons (Fsp3) is 0.857. The fourth-order valence-corrected chi connectivity index (χ4v) is 2.10. The van der Waals surface area contributed by atoms with E-state index < -0.39 is 0 Å². The van der Waals surface area contributed by atoms with Gasteiger partial charge in [0.1, 0.15) is 0 Å². The Bertz CT molecular complexity index is 305. The van der Waals surface area contributed by atoms with Crippen LogP contribution in [0.5, 0.6) is 0 Å². The predicted molar refractivity (Wildman–Crippen MR) is 75.7 cm³/mol. The van der Waals surface area contributed by atoms with Crippen molar-refractivity contribution in [3.8, 4) is 0 Å². The Balaban J connectivity index is 2.20. The zero-order valence-electron chi connectivity index (χ0n) is 12.6. The molecule has 0 unspecified atom stereocenters. The van der Waals surface area contributed by atoms with Gasteiger partial charge in [0.05, 0.1) is 0 Å². The van der Waals surface area contributed by atoms with E-state index in [1.807, 2.05) is 32.6 Å². The van der Waals surface area contributed by atoms with Crippen molar-refractivity contribution >= 4 is 11.8 Å². The van der Waals surface area contributed by atoms with Crippen molar-refractivity contribution in [2.24, 2.45) is 11.8 Å². The van der Waals surface area contributed by atoms with Crippen molar-refractivity contribution in [1.82, 2.24) is 15.1 Å². The minimum atomic E-state index is 0.0421. The Kier molecular flexibility index (Phi) is 6.28. The van der Waals surface area contributed by atoms with E-state index in [1.165, 1.54) is 0 Å². The van der Waals surface area contributed by atoms with Crippen LogP contribution in [0.2, 0.25) is 0 Å². The maximum Gasteiger partial charge on any atom is 0.225 e. The summed E-state index contributed by atoms with van der Waals surface area (Å²) in [5, 5.41) is 2.92. The van der Waals surface area contributed by atoms with E-state index in [0.29, 0.717) is 6.54 Å². The van der Waals surface area contributed by atoms with Gasteiger partial charge in [0, 0.05) is 51.1 Å². The van der Waals surface area contributed by atoms with E-state index in [2.05, 4.69) is 10.2 Å². The molecule has 0 saturated carbocycles. The number of hydrogen-bond donors (Lipinski definition) is 1. The summed E-state index contributed by atoms with van der Waals surface area (Å²) in [6.07, 6.45) is 0. The topological polar surface area (TPSA) is 52.7 Å². The largest absolute Gasteiger partial charge is 0.355 e. The summed E-state index contributed by atoms with van der Waals surface area (Å²) < 4.78 is 0. The number of nitrogens with zero attached hydrogens (tertiary/aromatic N) is 2. The highest BCUT2D eigenvalue weighted by Gasteiger charge is 2.22. The van der Waals surface area contributed by atoms with Crippen LogP contribution in [0.3, 0.4) is 0 Å². The number of amides is 2. The molecule has 0 spiro atoms. The van der Waals surface area contributed by atoms with E-state index in [0.717, 1.165) is 32.7 Å². The highest BCUT2D eigenvalue weighted by Crippen LogP contribution is 2.06. The van der Waals surface area contributed by atoms with Crippen molar-refractivity contribution < 1.29 is 9.59 Å². The standard InChI is InChI=1S/C14H27N3O2/c1-11(2)13(18)15-5-6-16-7-9-17(10-8-16)14(19)12(3)4/h11-12H,5-10H2,1-4H3,(H,15,18). The average Bonchev–Trinajstić information content (AvgIpc) is 2.38. The van der Waals surface area contributed by atoms with E-state index in [9.17, 15) is 9.59 Å². The molecule has 1 N–H and O–H groups in total. The van der Waals surface area contributed by atoms with E-state index in [4.69, 9.17) is 0 Å². The van der Waals surface area contributed by atoms with Gasteiger partial charge in [-0.1, -0.05) is 27.7 Å². The van der Waals surface area contributed by atoms with E-state index in [-0.39, 0.29) is 23.7 Å². The van der Waals surface area contributed by atoms with Crippen LogP contribution < -0.4 is 5.32 Å². The third kappa shape index (κ3) is 5.19. The molecule has 0 aliphatic carbocycles. The van der Waals surface area contributed by atoms with Gasteiger partial charge < -0.3 is 10.2 Å². The summed E-state index contributed by atoms with van der Waals surface area (Å²) in [4.78, 5) is 27.5. The first-order valence-corrected chi connectivity index (χ1v) is 7.20. The van der Waals surface area contributed by atoms with Crippen molar-refractivity contribution in [3.63, 3.8) is 0 Å². The Morgan fingerprint density at radius 3 is 2.05 bits per heavy atom. The SMILES string of the molecule is CC(C)C(=O)NCCN1CCN(C(=O)C(C)C)CC1. The summed E-state index contributed by atoms with van der Waals surface area (Å²) >= 11 is 0. The zero-order chi connectivity index (χ0) is 14.4. The molecule has 1 saturated heterocycles. The second kappa shape index (κ2) is 7.48. The van der Waals surface area contributed by atoms with Gasteiger partial charge >= 0.3 is 0 Å². The molecule has 1 heterocycles. The molecule has 0 bridgehead atoms. The second-order valence-corrected chi connectivity index (χ2v) is 5.77. The zero-order valence-corrected chi connectivity index (χ0v) is 12.6. The third-order valence-corrected chi connectivity index (χ3v) is 3.43. The average molecular weight is 269 g/mol. The minimum Gasteiger partial charge on any atom is -0.355 e. The van der Waals surface area contributed by atoms with Crippen molar-refractivity contribution in [2.45, 2.75) is 27.7 Å². The summed E-state index contributed by atoms with van der Waals surface area (Å²) in [5.41, 5.74) is 0. The Morgan fingerprint density at radius 1 is 1.00 bits per heavy atom. The van der Waals surface area contributed by atoms with Gasteiger partial charge in [0.15, 0.2) is 0 Å². The van der Waals surface area contributed by atoms with Gasteiger partial charge in [0.25, 0.3) is 0 Å². The lowest BCUT2D eigenvalue weighted by Gasteiger charge is -2.35. The number of nitrogens with one attached hydrogen (secondary N) is 1. The first-order valence-electron chi connectivity index (χ1n) is 7.20. The van der Waals surface area contributed by atoms with Crippen LogP contribution >= 0.6 is 0 Å². The molecule has 110 valence electrons. The third-order valence-electron chi connectivity index (χ3n) is 3.43. The van der Waals surface area contributed by atoms with Gasteiger partial charge in [-0.25, -0.2) is 0 Å². The van der Waals surface area contributed by atoms with E-state index in [1.54, 1.807) is 0 Å². The molecule has 5 heteroatoms. The summed E-state index contributed by atoms with van der Waals surface area (Å²) in [5.74, 6) is 0.471. The molecule has 0 atom stereocenters. The first-order chi connectivity index (χ1) is 8.91. The number of carbonyl (C=O) groups excluding carboxylic acids is 2. The lowest BCUT2D eigenvalue weighted by atomic mass is 10.1. The van der Waals surface area contributed by atoms with Crippen molar-refractivity contribution in [3.05, 3.63) is 0 Å². The lowest BCUT2D eigenvalue weighted by molar-refractivity contribution is -0.136. The molecule has 0 radical (unpaired) electrons.